The van der Waals surface area contributed by atoms with Gasteiger partial charge < -0.3 is 9.80 Å². The molecule has 41 heavy (non-hydrogen) atoms. The highest BCUT2D eigenvalue weighted by molar-refractivity contribution is 6.05. The Labute approximate surface area is 244 Å². The zero-order valence-electron chi connectivity index (χ0n) is 25.9. The van der Waals surface area contributed by atoms with Gasteiger partial charge in [-0.15, -0.1) is 0 Å². The number of fused-ring (bicyclic) bond motifs is 1. The first-order chi connectivity index (χ1) is 19.6. The van der Waals surface area contributed by atoms with E-state index in [2.05, 4.69) is 52.8 Å². The minimum absolute atomic E-state index is 0.0223. The van der Waals surface area contributed by atoms with Crippen molar-refractivity contribution >= 4 is 16.8 Å². The largest absolute Gasteiger partial charge is 0.336 e. The normalized spacial score (nSPS) is 18.4. The van der Waals surface area contributed by atoms with Gasteiger partial charge in [-0.25, -0.2) is 4.39 Å². The van der Waals surface area contributed by atoms with Gasteiger partial charge in [0, 0.05) is 82.8 Å². The number of likely N-dealkylation sites (tertiary alicyclic amines) is 1. The number of piperazine rings is 1. The summed E-state index contributed by atoms with van der Waals surface area (Å²) in [6.07, 6.45) is 1.87. The fourth-order valence-corrected chi connectivity index (χ4v) is 6.59. The Hall–Kier alpha value is -2.81. The van der Waals surface area contributed by atoms with Gasteiger partial charge in [0.2, 0.25) is 0 Å². The van der Waals surface area contributed by atoms with E-state index in [-0.39, 0.29) is 11.9 Å². The summed E-state index contributed by atoms with van der Waals surface area (Å²) in [6, 6.07) is 9.67. The predicted molar refractivity (Wildman–Crippen MR) is 165 cm³/mol. The fourth-order valence-electron chi connectivity index (χ4n) is 6.59. The van der Waals surface area contributed by atoms with Crippen LogP contribution in [0.15, 0.2) is 36.5 Å². The third-order valence-electron chi connectivity index (χ3n) is 9.28. The summed E-state index contributed by atoms with van der Waals surface area (Å²) in [7, 11) is 4.17. The highest BCUT2D eigenvalue weighted by Crippen LogP contribution is 2.38. The molecule has 0 unspecified atom stereocenters. The molecule has 5 rings (SSSR count). The minimum Gasteiger partial charge on any atom is -0.336 e. The number of nitrogens with zero attached hydrogens (tertiary/aromatic N) is 6. The molecule has 2 saturated heterocycles. The summed E-state index contributed by atoms with van der Waals surface area (Å²) in [4.78, 5) is 23.2. The van der Waals surface area contributed by atoms with Crippen molar-refractivity contribution in [2.24, 2.45) is 13.0 Å². The first-order valence-corrected chi connectivity index (χ1v) is 15.3. The molecule has 1 atom stereocenters. The van der Waals surface area contributed by atoms with Crippen molar-refractivity contribution in [3.63, 3.8) is 0 Å². The molecular weight excluding hydrogens is 515 g/mol. The zero-order valence-corrected chi connectivity index (χ0v) is 25.9. The van der Waals surface area contributed by atoms with Gasteiger partial charge in [0.1, 0.15) is 5.82 Å². The molecule has 0 bridgehead atoms. The zero-order chi connectivity index (χ0) is 29.4. The van der Waals surface area contributed by atoms with Crippen molar-refractivity contribution in [3.05, 3.63) is 53.5 Å². The quantitative estimate of drug-likeness (QED) is 0.371. The molecule has 222 valence electrons. The molecule has 3 heterocycles. The molecule has 2 aromatic carbocycles. The molecule has 0 spiro atoms. The summed E-state index contributed by atoms with van der Waals surface area (Å²) < 4.78 is 16.5. The highest BCUT2D eigenvalue weighted by Gasteiger charge is 2.36. The number of likely N-dealkylation sites (N-methyl/N-ethyl adjacent to an activating group) is 1. The maximum absolute atomic E-state index is 14.6. The first-order valence-electron chi connectivity index (χ1n) is 15.3. The molecule has 0 radical (unpaired) electrons. The SMILES string of the molecule is CCN(C(=O)c1cc(F)ccc1-c1cc(C2CN([C@H](CN3CCN(C)CC3)C(C)C)C2)cc2c1cnn2C)C(C)C. The predicted octanol–water partition coefficient (Wildman–Crippen LogP) is 4.92. The van der Waals surface area contributed by atoms with Crippen LogP contribution in [-0.4, -0.2) is 107 Å². The van der Waals surface area contributed by atoms with Crippen LogP contribution < -0.4 is 0 Å². The third-order valence-corrected chi connectivity index (χ3v) is 9.28. The molecule has 2 aliphatic rings. The minimum atomic E-state index is -0.398. The second kappa shape index (κ2) is 12.2. The smallest absolute Gasteiger partial charge is 0.254 e. The van der Waals surface area contributed by atoms with Crippen molar-refractivity contribution in [1.29, 1.82) is 0 Å². The van der Waals surface area contributed by atoms with Crippen molar-refractivity contribution < 1.29 is 9.18 Å². The van der Waals surface area contributed by atoms with Gasteiger partial charge in [-0.2, -0.15) is 5.10 Å². The Balaban J connectivity index is 1.45. The Bertz CT molecular complexity index is 1370. The number of carbonyl (C=O) groups is 1. The Morgan fingerprint density at radius 1 is 1.02 bits per heavy atom. The van der Waals surface area contributed by atoms with Crippen molar-refractivity contribution in [3.8, 4) is 11.1 Å². The number of halogens is 1. The van der Waals surface area contributed by atoms with Crippen molar-refractivity contribution in [1.82, 2.24) is 29.4 Å². The fraction of sp³-hybridized carbons (Fsp3) is 0.576. The van der Waals surface area contributed by atoms with E-state index in [1.165, 1.54) is 17.7 Å². The Morgan fingerprint density at radius 3 is 2.37 bits per heavy atom. The van der Waals surface area contributed by atoms with Crippen LogP contribution in [0.25, 0.3) is 22.0 Å². The topological polar surface area (TPSA) is 47.9 Å². The molecule has 0 aliphatic carbocycles. The summed E-state index contributed by atoms with van der Waals surface area (Å²) in [5, 5.41) is 5.54. The average molecular weight is 563 g/mol. The lowest BCUT2D eigenvalue weighted by Gasteiger charge is -2.48. The second-order valence-corrected chi connectivity index (χ2v) is 12.7. The number of hydrogen-bond donors (Lipinski definition) is 0. The molecule has 0 saturated carbocycles. The Morgan fingerprint density at radius 2 is 1.73 bits per heavy atom. The van der Waals surface area contributed by atoms with E-state index in [0.29, 0.717) is 30.0 Å². The number of rotatable bonds is 9. The van der Waals surface area contributed by atoms with Gasteiger partial charge in [0.15, 0.2) is 0 Å². The molecule has 2 fully saturated rings. The van der Waals surface area contributed by atoms with E-state index in [1.807, 2.05) is 38.7 Å². The molecular formula is C33H47FN6O. The molecule has 2 aliphatic heterocycles. The average Bonchev–Trinajstić information content (AvgIpc) is 3.28. The maximum Gasteiger partial charge on any atom is 0.254 e. The van der Waals surface area contributed by atoms with Crippen LogP contribution in [0.5, 0.6) is 0 Å². The molecule has 0 N–H and O–H groups in total. The first kappa shape index (κ1) is 29.7. The van der Waals surface area contributed by atoms with Crippen LogP contribution in [0.3, 0.4) is 0 Å². The van der Waals surface area contributed by atoms with E-state index < -0.39 is 5.82 Å². The van der Waals surface area contributed by atoms with Crippen molar-refractivity contribution in [2.45, 2.75) is 52.6 Å². The van der Waals surface area contributed by atoms with E-state index in [9.17, 15) is 9.18 Å². The number of aryl methyl sites for hydroxylation is 1. The number of hydrogen-bond acceptors (Lipinski definition) is 5. The number of amides is 1. The van der Waals surface area contributed by atoms with Crippen LogP contribution in [0.4, 0.5) is 4.39 Å². The summed E-state index contributed by atoms with van der Waals surface area (Å²) in [6.45, 7) is 18.9. The molecule has 8 heteroatoms. The number of aromatic nitrogens is 2. The van der Waals surface area contributed by atoms with E-state index in [0.717, 1.165) is 67.8 Å². The molecule has 1 amide bonds. The second-order valence-electron chi connectivity index (χ2n) is 12.7. The van der Waals surface area contributed by atoms with Gasteiger partial charge in [0.25, 0.3) is 5.91 Å². The van der Waals surface area contributed by atoms with E-state index in [1.54, 1.807) is 11.0 Å². The summed E-state index contributed by atoms with van der Waals surface area (Å²) >= 11 is 0. The van der Waals surface area contributed by atoms with Gasteiger partial charge in [-0.1, -0.05) is 19.9 Å². The lowest BCUT2D eigenvalue weighted by molar-refractivity contribution is 0.0297. The summed E-state index contributed by atoms with van der Waals surface area (Å²) in [5.74, 6) is 0.452. The number of benzene rings is 2. The summed E-state index contributed by atoms with van der Waals surface area (Å²) in [5.41, 5.74) is 4.41. The lowest BCUT2D eigenvalue weighted by atomic mass is 9.84. The van der Waals surface area contributed by atoms with Crippen LogP contribution in [0.1, 0.15) is 56.5 Å². The van der Waals surface area contributed by atoms with Gasteiger partial charge >= 0.3 is 0 Å². The molecule has 1 aromatic heterocycles. The maximum atomic E-state index is 14.6. The Kier molecular flexibility index (Phi) is 8.83. The highest BCUT2D eigenvalue weighted by atomic mass is 19.1. The third kappa shape index (κ3) is 6.06. The molecule has 7 nitrogen and oxygen atoms in total. The van der Waals surface area contributed by atoms with Gasteiger partial charge in [0.05, 0.1) is 17.3 Å². The monoisotopic (exact) mass is 562 g/mol. The van der Waals surface area contributed by atoms with E-state index >= 15 is 0 Å². The standard InChI is InChI=1S/C33H47FN6O/c1-8-40(23(4)5)33(41)29-17-26(34)9-10-27(29)28-15-24(16-31-30(28)18-35-37(31)7)25-19-39(20-25)32(22(2)3)21-38-13-11-36(6)12-14-38/h9-10,15-18,22-23,25,32H,8,11-14,19-21H2,1-7H3/t32-/m1/s1. The van der Waals surface area contributed by atoms with Crippen LogP contribution in [0.2, 0.25) is 0 Å². The van der Waals surface area contributed by atoms with Crippen molar-refractivity contribution in [2.75, 3.05) is 59.4 Å². The van der Waals surface area contributed by atoms with Crippen LogP contribution in [0, 0.1) is 11.7 Å². The van der Waals surface area contributed by atoms with Gasteiger partial charge in [-0.3, -0.25) is 19.3 Å². The van der Waals surface area contributed by atoms with E-state index in [4.69, 9.17) is 0 Å². The van der Waals surface area contributed by atoms with Crippen LogP contribution in [-0.2, 0) is 7.05 Å². The van der Waals surface area contributed by atoms with Gasteiger partial charge in [-0.05, 0) is 74.7 Å². The lowest BCUT2D eigenvalue weighted by Crippen LogP contribution is -2.58. The number of carbonyl (C=O) groups excluding carboxylic acids is 1. The molecule has 3 aromatic rings. The van der Waals surface area contributed by atoms with Crippen LogP contribution >= 0.6 is 0 Å².